The number of nitrogens with zero attached hydrogens (tertiary/aromatic N) is 7. The standard InChI is InChI=1S/C23H19F2N7O2/c1-30-5-4-27-22(30)19-9-21(18(25)11-28-19)34-17-12-31(13-17)23(33)32-20(2-3-29-32)15-6-14(10-26)7-16(24)8-15/h3-9,11,17,20H,2,12-13H2,1H3. The van der Waals surface area contributed by atoms with Crippen molar-refractivity contribution in [3.8, 4) is 23.3 Å². The molecule has 1 fully saturated rings. The van der Waals surface area contributed by atoms with Crippen LogP contribution in [0.4, 0.5) is 13.6 Å². The number of amides is 2. The van der Waals surface area contributed by atoms with Gasteiger partial charge in [0.05, 0.1) is 37.0 Å². The van der Waals surface area contributed by atoms with Gasteiger partial charge in [-0.2, -0.15) is 10.4 Å². The van der Waals surface area contributed by atoms with Crippen molar-refractivity contribution in [3.63, 3.8) is 0 Å². The van der Waals surface area contributed by atoms with E-state index in [1.807, 2.05) is 13.1 Å². The summed E-state index contributed by atoms with van der Waals surface area (Å²) < 4.78 is 35.7. The Hall–Kier alpha value is -4.33. The molecule has 1 aromatic carbocycles. The Bertz CT molecular complexity index is 1330. The van der Waals surface area contributed by atoms with E-state index in [1.165, 1.54) is 22.0 Å². The van der Waals surface area contributed by atoms with Crippen LogP contribution < -0.4 is 4.74 Å². The number of pyridine rings is 1. The fourth-order valence-corrected chi connectivity index (χ4v) is 3.98. The van der Waals surface area contributed by atoms with Crippen LogP contribution in [0, 0.1) is 23.0 Å². The van der Waals surface area contributed by atoms with Gasteiger partial charge in [0, 0.05) is 38.1 Å². The lowest BCUT2D eigenvalue weighted by atomic mass is 10.0. The van der Waals surface area contributed by atoms with Crippen molar-refractivity contribution in [1.82, 2.24) is 24.4 Å². The largest absolute Gasteiger partial charge is 0.483 e. The summed E-state index contributed by atoms with van der Waals surface area (Å²) in [6, 6.07) is 6.52. The topological polar surface area (TPSA) is 99.6 Å². The lowest BCUT2D eigenvalue weighted by molar-refractivity contribution is 0.0257. The Morgan fingerprint density at radius 2 is 2.03 bits per heavy atom. The lowest BCUT2D eigenvalue weighted by Crippen LogP contribution is -2.58. The number of imidazole rings is 1. The van der Waals surface area contributed by atoms with Gasteiger partial charge in [0.1, 0.15) is 17.6 Å². The van der Waals surface area contributed by atoms with Gasteiger partial charge >= 0.3 is 6.03 Å². The number of aromatic nitrogens is 3. The van der Waals surface area contributed by atoms with Crippen molar-refractivity contribution in [2.24, 2.45) is 12.1 Å². The average Bonchev–Trinajstić information content (AvgIpc) is 3.45. The van der Waals surface area contributed by atoms with Crippen molar-refractivity contribution < 1.29 is 18.3 Å². The number of hydrogen-bond acceptors (Lipinski definition) is 6. The third kappa shape index (κ3) is 3.94. The van der Waals surface area contributed by atoms with E-state index in [4.69, 9.17) is 10.00 Å². The first-order chi connectivity index (χ1) is 16.4. The van der Waals surface area contributed by atoms with Crippen LogP contribution in [0.25, 0.3) is 11.5 Å². The molecule has 5 rings (SSSR count). The number of hydrogen-bond donors (Lipinski definition) is 0. The number of urea groups is 1. The molecule has 0 saturated carbocycles. The molecule has 3 aromatic rings. The smallest absolute Gasteiger partial charge is 0.341 e. The summed E-state index contributed by atoms with van der Waals surface area (Å²) in [6.07, 6.45) is 6.05. The summed E-state index contributed by atoms with van der Waals surface area (Å²) in [5, 5.41) is 14.5. The molecule has 1 saturated heterocycles. The maximum Gasteiger partial charge on any atom is 0.341 e. The van der Waals surface area contributed by atoms with Gasteiger partial charge < -0.3 is 14.2 Å². The Morgan fingerprint density at radius 1 is 1.21 bits per heavy atom. The van der Waals surface area contributed by atoms with Crippen LogP contribution in [0.3, 0.4) is 0 Å². The number of rotatable bonds is 4. The van der Waals surface area contributed by atoms with Gasteiger partial charge in [-0.1, -0.05) is 0 Å². The van der Waals surface area contributed by atoms with Gasteiger partial charge in [0.15, 0.2) is 17.4 Å². The molecule has 0 radical (unpaired) electrons. The Balaban J connectivity index is 1.25. The van der Waals surface area contributed by atoms with E-state index in [0.29, 0.717) is 23.5 Å². The summed E-state index contributed by atoms with van der Waals surface area (Å²) in [5.74, 6) is -0.544. The van der Waals surface area contributed by atoms with Crippen molar-refractivity contribution >= 4 is 12.2 Å². The number of carbonyl (C=O) groups excluding carboxylic acids is 1. The SMILES string of the molecule is Cn1ccnc1-c1cc(OC2CN(C(=O)N3N=CCC3c3cc(F)cc(C#N)c3)C2)c(F)cn1. The summed E-state index contributed by atoms with van der Waals surface area (Å²) >= 11 is 0. The minimum Gasteiger partial charge on any atom is -0.483 e. The Morgan fingerprint density at radius 3 is 2.76 bits per heavy atom. The molecule has 0 spiro atoms. The molecule has 0 aliphatic carbocycles. The number of hydrazone groups is 1. The van der Waals surface area contributed by atoms with E-state index in [9.17, 15) is 13.6 Å². The number of nitriles is 1. The van der Waals surface area contributed by atoms with Crippen LogP contribution in [0.1, 0.15) is 23.6 Å². The highest BCUT2D eigenvalue weighted by Gasteiger charge is 2.39. The highest BCUT2D eigenvalue weighted by atomic mass is 19.1. The summed E-state index contributed by atoms with van der Waals surface area (Å²) in [7, 11) is 1.81. The van der Waals surface area contributed by atoms with Gasteiger partial charge in [-0.3, -0.25) is 0 Å². The van der Waals surface area contributed by atoms with Gasteiger partial charge in [-0.25, -0.2) is 28.6 Å². The molecule has 2 aromatic heterocycles. The van der Waals surface area contributed by atoms with Gasteiger partial charge in [-0.15, -0.1) is 0 Å². The Kier molecular flexibility index (Phi) is 5.41. The quantitative estimate of drug-likeness (QED) is 0.592. The van der Waals surface area contributed by atoms with Crippen LogP contribution in [0.2, 0.25) is 0 Å². The van der Waals surface area contributed by atoms with E-state index >= 15 is 0 Å². The average molecular weight is 463 g/mol. The molecule has 0 bridgehead atoms. The van der Waals surface area contributed by atoms with Crippen LogP contribution in [-0.4, -0.2) is 55.9 Å². The normalized spacial score (nSPS) is 17.5. The number of ether oxygens (including phenoxy) is 1. The van der Waals surface area contributed by atoms with Crippen molar-refractivity contribution in [2.75, 3.05) is 13.1 Å². The molecule has 0 N–H and O–H groups in total. The summed E-state index contributed by atoms with van der Waals surface area (Å²) in [6.45, 7) is 0.480. The predicted molar refractivity (Wildman–Crippen MR) is 117 cm³/mol. The molecule has 9 nitrogen and oxygen atoms in total. The number of halogens is 2. The summed E-state index contributed by atoms with van der Waals surface area (Å²) in [5.41, 5.74) is 1.14. The van der Waals surface area contributed by atoms with E-state index in [1.54, 1.807) is 29.2 Å². The van der Waals surface area contributed by atoms with E-state index < -0.39 is 23.8 Å². The maximum atomic E-state index is 14.3. The number of benzene rings is 1. The minimum atomic E-state index is -0.605. The molecule has 1 atom stereocenters. The Labute approximate surface area is 193 Å². The molecule has 34 heavy (non-hydrogen) atoms. The molecule has 2 aliphatic rings. The first kappa shape index (κ1) is 21.5. The van der Waals surface area contributed by atoms with Crippen LogP contribution in [0.5, 0.6) is 5.75 Å². The van der Waals surface area contributed by atoms with Crippen LogP contribution in [0.15, 0.2) is 48.0 Å². The highest BCUT2D eigenvalue weighted by molar-refractivity contribution is 5.79. The van der Waals surface area contributed by atoms with Crippen LogP contribution >= 0.6 is 0 Å². The molecular weight excluding hydrogens is 444 g/mol. The molecule has 2 amide bonds. The van der Waals surface area contributed by atoms with Crippen molar-refractivity contribution in [2.45, 2.75) is 18.6 Å². The number of likely N-dealkylation sites (tertiary alicyclic amines) is 1. The second-order valence-corrected chi connectivity index (χ2v) is 8.07. The molecule has 172 valence electrons. The maximum absolute atomic E-state index is 14.3. The highest BCUT2D eigenvalue weighted by Crippen LogP contribution is 2.32. The molecular formula is C23H19F2N7O2. The number of aryl methyl sites for hydroxylation is 1. The monoisotopic (exact) mass is 463 g/mol. The second kappa shape index (κ2) is 8.55. The van der Waals surface area contributed by atoms with Gasteiger partial charge in [-0.05, 0) is 23.8 Å². The van der Waals surface area contributed by atoms with Crippen molar-refractivity contribution in [1.29, 1.82) is 5.26 Å². The number of carbonyl (C=O) groups is 1. The summed E-state index contributed by atoms with van der Waals surface area (Å²) in [4.78, 5) is 22.8. The lowest BCUT2D eigenvalue weighted by Gasteiger charge is -2.41. The first-order valence-electron chi connectivity index (χ1n) is 10.5. The molecule has 4 heterocycles. The van der Waals surface area contributed by atoms with Crippen LogP contribution in [-0.2, 0) is 7.05 Å². The van der Waals surface area contributed by atoms with E-state index in [0.717, 1.165) is 12.3 Å². The van der Waals surface area contributed by atoms with Gasteiger partial charge in [0.2, 0.25) is 0 Å². The zero-order chi connectivity index (χ0) is 23.8. The first-order valence-corrected chi connectivity index (χ1v) is 10.5. The van der Waals surface area contributed by atoms with Gasteiger partial charge in [0.25, 0.3) is 0 Å². The molecule has 11 heteroatoms. The minimum absolute atomic E-state index is 0.0333. The van der Waals surface area contributed by atoms with Crippen molar-refractivity contribution in [3.05, 3.63) is 65.6 Å². The van der Waals surface area contributed by atoms with E-state index in [-0.39, 0.29) is 30.4 Å². The third-order valence-electron chi connectivity index (χ3n) is 5.74. The molecule has 2 aliphatic heterocycles. The second-order valence-electron chi connectivity index (χ2n) is 8.07. The fourth-order valence-electron chi connectivity index (χ4n) is 3.98. The predicted octanol–water partition coefficient (Wildman–Crippen LogP) is 3.25. The van der Waals surface area contributed by atoms with E-state index in [2.05, 4.69) is 15.1 Å². The molecule has 1 unspecified atom stereocenters. The zero-order valence-corrected chi connectivity index (χ0v) is 18.1. The zero-order valence-electron chi connectivity index (χ0n) is 18.1. The third-order valence-corrected chi connectivity index (χ3v) is 5.74. The fraction of sp³-hybridized carbons (Fsp3) is 0.261.